The first-order valence-electron chi connectivity index (χ1n) is 6.00. The van der Waals surface area contributed by atoms with Crippen LogP contribution in [0.15, 0.2) is 45.5 Å². The molecule has 2 aromatic rings. The van der Waals surface area contributed by atoms with E-state index in [4.69, 9.17) is 21.8 Å². The van der Waals surface area contributed by atoms with Gasteiger partial charge in [0.05, 0.1) is 6.04 Å². The Hall–Kier alpha value is -0.810. The lowest BCUT2D eigenvalue weighted by molar-refractivity contribution is 0.211. The SMILES string of the molecule is CN(Cc1cccc(Cl)c1)C(CN)c1ccc(Br)o1. The highest BCUT2D eigenvalue weighted by Crippen LogP contribution is 2.25. The Kier molecular flexibility index (Phi) is 5.05. The molecule has 102 valence electrons. The number of rotatable bonds is 5. The van der Waals surface area contributed by atoms with Gasteiger partial charge < -0.3 is 10.2 Å². The molecule has 3 nitrogen and oxygen atoms in total. The lowest BCUT2D eigenvalue weighted by Gasteiger charge is -2.25. The Morgan fingerprint density at radius 3 is 2.74 bits per heavy atom. The van der Waals surface area contributed by atoms with Crippen LogP contribution in [0.25, 0.3) is 0 Å². The summed E-state index contributed by atoms with van der Waals surface area (Å²) in [5.41, 5.74) is 7.01. The number of halogens is 2. The summed E-state index contributed by atoms with van der Waals surface area (Å²) < 4.78 is 6.31. The van der Waals surface area contributed by atoms with Crippen LogP contribution < -0.4 is 5.73 Å². The maximum atomic E-state index is 5.99. The van der Waals surface area contributed by atoms with Crippen molar-refractivity contribution in [2.75, 3.05) is 13.6 Å². The van der Waals surface area contributed by atoms with Crippen molar-refractivity contribution in [1.82, 2.24) is 4.90 Å². The highest BCUT2D eigenvalue weighted by Gasteiger charge is 2.19. The molecule has 0 radical (unpaired) electrons. The molecule has 0 aliphatic carbocycles. The van der Waals surface area contributed by atoms with Gasteiger partial charge in [0.2, 0.25) is 0 Å². The molecule has 0 bridgehead atoms. The minimum absolute atomic E-state index is 0.0466. The molecule has 1 atom stereocenters. The van der Waals surface area contributed by atoms with Crippen LogP contribution in [0, 0.1) is 0 Å². The molecule has 1 aromatic carbocycles. The first-order chi connectivity index (χ1) is 9.10. The zero-order valence-corrected chi connectivity index (χ0v) is 13.0. The van der Waals surface area contributed by atoms with Crippen LogP contribution in [-0.2, 0) is 6.54 Å². The van der Waals surface area contributed by atoms with Crippen LogP contribution >= 0.6 is 27.5 Å². The fraction of sp³-hybridized carbons (Fsp3) is 0.286. The zero-order chi connectivity index (χ0) is 13.8. The van der Waals surface area contributed by atoms with E-state index in [1.54, 1.807) is 0 Å². The number of hydrogen-bond acceptors (Lipinski definition) is 3. The highest BCUT2D eigenvalue weighted by molar-refractivity contribution is 9.10. The lowest BCUT2D eigenvalue weighted by Crippen LogP contribution is -2.29. The molecule has 5 heteroatoms. The third-order valence-electron chi connectivity index (χ3n) is 3.00. The summed E-state index contributed by atoms with van der Waals surface area (Å²) in [5, 5.41) is 0.746. The minimum Gasteiger partial charge on any atom is -0.453 e. The zero-order valence-electron chi connectivity index (χ0n) is 10.6. The van der Waals surface area contributed by atoms with Crippen LogP contribution in [0.3, 0.4) is 0 Å². The van der Waals surface area contributed by atoms with Crippen molar-refractivity contribution in [3.05, 3.63) is 57.4 Å². The van der Waals surface area contributed by atoms with E-state index >= 15 is 0 Å². The van der Waals surface area contributed by atoms with Gasteiger partial charge >= 0.3 is 0 Å². The van der Waals surface area contributed by atoms with Crippen LogP contribution in [0.4, 0.5) is 0 Å². The largest absolute Gasteiger partial charge is 0.453 e. The minimum atomic E-state index is 0.0466. The van der Waals surface area contributed by atoms with Gasteiger partial charge in [-0.2, -0.15) is 0 Å². The summed E-state index contributed by atoms with van der Waals surface area (Å²) in [6, 6.07) is 11.7. The van der Waals surface area contributed by atoms with E-state index < -0.39 is 0 Å². The molecule has 0 saturated heterocycles. The maximum Gasteiger partial charge on any atom is 0.169 e. The Balaban J connectivity index is 2.11. The van der Waals surface area contributed by atoms with Crippen LogP contribution in [0.1, 0.15) is 17.4 Å². The molecule has 19 heavy (non-hydrogen) atoms. The Labute approximate surface area is 126 Å². The third kappa shape index (κ3) is 3.83. The monoisotopic (exact) mass is 342 g/mol. The second-order valence-electron chi connectivity index (χ2n) is 4.44. The molecule has 2 N–H and O–H groups in total. The molecule has 0 saturated carbocycles. The van der Waals surface area contributed by atoms with E-state index in [9.17, 15) is 0 Å². The van der Waals surface area contributed by atoms with Crippen LogP contribution in [-0.4, -0.2) is 18.5 Å². The first kappa shape index (κ1) is 14.6. The molecule has 1 aromatic heterocycles. The smallest absolute Gasteiger partial charge is 0.169 e. The normalized spacial score (nSPS) is 12.9. The van der Waals surface area contributed by atoms with Crippen LogP contribution in [0.2, 0.25) is 5.02 Å². The van der Waals surface area contributed by atoms with Crippen LogP contribution in [0.5, 0.6) is 0 Å². The Morgan fingerprint density at radius 2 is 2.16 bits per heavy atom. The molecule has 0 amide bonds. The van der Waals surface area contributed by atoms with Gasteiger partial charge in [0.25, 0.3) is 0 Å². The van der Waals surface area contributed by atoms with Crippen molar-refractivity contribution in [3.63, 3.8) is 0 Å². The fourth-order valence-electron chi connectivity index (χ4n) is 2.05. The average molecular weight is 344 g/mol. The van der Waals surface area contributed by atoms with E-state index in [1.165, 1.54) is 0 Å². The molecular weight excluding hydrogens is 328 g/mol. The van der Waals surface area contributed by atoms with E-state index in [-0.39, 0.29) is 6.04 Å². The van der Waals surface area contributed by atoms with E-state index in [0.29, 0.717) is 6.54 Å². The summed E-state index contributed by atoms with van der Waals surface area (Å²) in [7, 11) is 2.02. The Bertz CT molecular complexity index is 544. The number of nitrogens with two attached hydrogens (primary N) is 1. The molecule has 1 heterocycles. The van der Waals surface area contributed by atoms with Gasteiger partial charge in [-0.05, 0) is 52.8 Å². The standard InChI is InChI=1S/C14H16BrClN2O/c1-18(9-10-3-2-4-11(16)7-10)12(8-17)13-5-6-14(15)19-13/h2-7,12H,8-9,17H2,1H3. The molecule has 0 aliphatic rings. The van der Waals surface area contributed by atoms with Crippen molar-refractivity contribution in [3.8, 4) is 0 Å². The number of furan rings is 1. The third-order valence-corrected chi connectivity index (χ3v) is 3.66. The van der Waals surface area contributed by atoms with Gasteiger partial charge in [-0.1, -0.05) is 23.7 Å². The predicted octanol–water partition coefficient (Wildman–Crippen LogP) is 3.83. The summed E-state index contributed by atoms with van der Waals surface area (Å²) in [6.45, 7) is 1.26. The molecule has 0 fully saturated rings. The number of nitrogens with zero attached hydrogens (tertiary/aromatic N) is 1. The molecule has 0 aliphatic heterocycles. The number of benzene rings is 1. The number of hydrogen-bond donors (Lipinski definition) is 1. The van der Waals surface area contributed by atoms with Crippen molar-refractivity contribution in [2.24, 2.45) is 5.73 Å². The van der Waals surface area contributed by atoms with Crippen molar-refractivity contribution < 1.29 is 4.42 Å². The maximum absolute atomic E-state index is 5.99. The van der Waals surface area contributed by atoms with Gasteiger partial charge in [-0.25, -0.2) is 0 Å². The highest BCUT2D eigenvalue weighted by atomic mass is 79.9. The van der Waals surface area contributed by atoms with E-state index in [2.05, 4.69) is 20.8 Å². The molecule has 2 rings (SSSR count). The Morgan fingerprint density at radius 1 is 1.37 bits per heavy atom. The van der Waals surface area contributed by atoms with E-state index in [0.717, 1.165) is 27.6 Å². The lowest BCUT2D eigenvalue weighted by atomic mass is 10.1. The number of likely N-dealkylation sites (N-methyl/N-ethyl adjacent to an activating group) is 1. The summed E-state index contributed by atoms with van der Waals surface area (Å²) in [5.74, 6) is 0.860. The second-order valence-corrected chi connectivity index (χ2v) is 5.66. The quantitative estimate of drug-likeness (QED) is 0.897. The summed E-state index contributed by atoms with van der Waals surface area (Å²) >= 11 is 9.31. The molecule has 1 unspecified atom stereocenters. The summed E-state index contributed by atoms with van der Waals surface area (Å²) in [6.07, 6.45) is 0. The van der Waals surface area contributed by atoms with Gasteiger partial charge in [0, 0.05) is 18.1 Å². The average Bonchev–Trinajstić information content (AvgIpc) is 2.76. The topological polar surface area (TPSA) is 42.4 Å². The second kappa shape index (κ2) is 6.57. The predicted molar refractivity (Wildman–Crippen MR) is 81.1 cm³/mol. The summed E-state index contributed by atoms with van der Waals surface area (Å²) in [4.78, 5) is 2.15. The van der Waals surface area contributed by atoms with Gasteiger partial charge in [0.15, 0.2) is 4.67 Å². The van der Waals surface area contributed by atoms with E-state index in [1.807, 2.05) is 43.4 Å². The molecular formula is C14H16BrClN2O. The van der Waals surface area contributed by atoms with Gasteiger partial charge in [0.1, 0.15) is 5.76 Å². The first-order valence-corrected chi connectivity index (χ1v) is 7.17. The van der Waals surface area contributed by atoms with Crippen molar-refractivity contribution >= 4 is 27.5 Å². The van der Waals surface area contributed by atoms with Gasteiger partial charge in [-0.3, -0.25) is 4.90 Å². The van der Waals surface area contributed by atoms with Crippen molar-refractivity contribution in [2.45, 2.75) is 12.6 Å². The fourth-order valence-corrected chi connectivity index (χ4v) is 2.59. The van der Waals surface area contributed by atoms with Crippen molar-refractivity contribution in [1.29, 1.82) is 0 Å². The van der Waals surface area contributed by atoms with Gasteiger partial charge in [-0.15, -0.1) is 0 Å². The molecule has 0 spiro atoms.